The molecule has 1 saturated heterocycles. The molecular formula is C13H26N2. The van der Waals surface area contributed by atoms with Gasteiger partial charge in [0.15, 0.2) is 0 Å². The van der Waals surface area contributed by atoms with Crippen molar-refractivity contribution < 1.29 is 0 Å². The van der Waals surface area contributed by atoms with E-state index in [0.29, 0.717) is 11.0 Å². The van der Waals surface area contributed by atoms with Crippen molar-refractivity contribution in [2.24, 2.45) is 11.3 Å². The van der Waals surface area contributed by atoms with E-state index in [2.05, 4.69) is 31.4 Å². The first kappa shape index (κ1) is 11.4. The van der Waals surface area contributed by atoms with Crippen LogP contribution in [0, 0.1) is 11.3 Å². The number of hydrogen-bond acceptors (Lipinski definition) is 2. The molecule has 15 heavy (non-hydrogen) atoms. The van der Waals surface area contributed by atoms with E-state index in [1.54, 1.807) is 0 Å². The molecule has 2 aliphatic rings. The van der Waals surface area contributed by atoms with Crippen LogP contribution in [-0.4, -0.2) is 25.2 Å². The van der Waals surface area contributed by atoms with E-state index >= 15 is 0 Å². The topological polar surface area (TPSA) is 24.1 Å². The Bertz CT molecular complexity index is 213. The maximum Gasteiger partial charge on any atom is 0.0154 e. The van der Waals surface area contributed by atoms with Crippen LogP contribution in [0.1, 0.15) is 46.5 Å². The Labute approximate surface area is 94.2 Å². The molecule has 2 nitrogen and oxygen atoms in total. The van der Waals surface area contributed by atoms with Crippen LogP contribution in [-0.2, 0) is 0 Å². The van der Waals surface area contributed by atoms with Crippen LogP contribution in [0.25, 0.3) is 0 Å². The molecule has 1 atom stereocenters. The van der Waals surface area contributed by atoms with E-state index in [4.69, 9.17) is 0 Å². The fourth-order valence-corrected chi connectivity index (χ4v) is 2.47. The van der Waals surface area contributed by atoms with Crippen LogP contribution in [0.3, 0.4) is 0 Å². The predicted molar refractivity (Wildman–Crippen MR) is 65.0 cm³/mol. The lowest BCUT2D eigenvalue weighted by molar-refractivity contribution is 0.160. The summed E-state index contributed by atoms with van der Waals surface area (Å²) < 4.78 is 0. The normalized spacial score (nSPS) is 30.2. The maximum absolute atomic E-state index is 3.74. The van der Waals surface area contributed by atoms with Crippen molar-refractivity contribution in [1.29, 1.82) is 0 Å². The highest BCUT2D eigenvalue weighted by Gasteiger charge is 2.39. The molecule has 2 rings (SSSR count). The minimum absolute atomic E-state index is 0.443. The van der Waals surface area contributed by atoms with Gasteiger partial charge < -0.3 is 10.6 Å². The van der Waals surface area contributed by atoms with Crippen molar-refractivity contribution in [2.45, 2.75) is 52.0 Å². The standard InChI is InChI=1S/C13H26N2/c1-12(2,10-15-13(3)6-7-13)11-5-4-8-14-9-11/h11,14-15H,4-10H2,1-3H3. The van der Waals surface area contributed by atoms with Gasteiger partial charge >= 0.3 is 0 Å². The zero-order chi connectivity index (χ0) is 10.9. The second-order valence-electron chi connectivity index (χ2n) is 6.45. The molecule has 0 amide bonds. The van der Waals surface area contributed by atoms with Gasteiger partial charge in [0.2, 0.25) is 0 Å². The van der Waals surface area contributed by atoms with Crippen molar-refractivity contribution in [3.63, 3.8) is 0 Å². The van der Waals surface area contributed by atoms with Gasteiger partial charge in [0, 0.05) is 12.1 Å². The Morgan fingerprint density at radius 2 is 2.13 bits per heavy atom. The highest BCUT2D eigenvalue weighted by Crippen LogP contribution is 2.37. The van der Waals surface area contributed by atoms with Gasteiger partial charge in [0.1, 0.15) is 0 Å². The maximum atomic E-state index is 3.74. The van der Waals surface area contributed by atoms with Crippen LogP contribution >= 0.6 is 0 Å². The first-order valence-electron chi connectivity index (χ1n) is 6.48. The fraction of sp³-hybridized carbons (Fsp3) is 1.00. The summed E-state index contributed by atoms with van der Waals surface area (Å²) in [7, 11) is 0. The lowest BCUT2D eigenvalue weighted by Gasteiger charge is -2.38. The average molecular weight is 210 g/mol. The van der Waals surface area contributed by atoms with Crippen LogP contribution < -0.4 is 10.6 Å². The molecule has 1 saturated carbocycles. The van der Waals surface area contributed by atoms with Gasteiger partial charge in [-0.1, -0.05) is 13.8 Å². The van der Waals surface area contributed by atoms with E-state index in [1.807, 2.05) is 0 Å². The van der Waals surface area contributed by atoms with Crippen molar-refractivity contribution in [3.8, 4) is 0 Å². The van der Waals surface area contributed by atoms with E-state index in [9.17, 15) is 0 Å². The predicted octanol–water partition coefficient (Wildman–Crippen LogP) is 2.15. The molecule has 1 aliphatic heterocycles. The summed E-state index contributed by atoms with van der Waals surface area (Å²) in [5.41, 5.74) is 0.929. The first-order chi connectivity index (χ1) is 7.02. The Kier molecular flexibility index (Phi) is 3.09. The third-order valence-corrected chi connectivity index (χ3v) is 4.37. The van der Waals surface area contributed by atoms with Gasteiger partial charge in [0.25, 0.3) is 0 Å². The zero-order valence-electron chi connectivity index (χ0n) is 10.5. The Morgan fingerprint density at radius 1 is 1.40 bits per heavy atom. The summed E-state index contributed by atoms with van der Waals surface area (Å²) in [4.78, 5) is 0. The van der Waals surface area contributed by atoms with Gasteiger partial charge in [-0.25, -0.2) is 0 Å². The zero-order valence-corrected chi connectivity index (χ0v) is 10.5. The quantitative estimate of drug-likeness (QED) is 0.743. The monoisotopic (exact) mass is 210 g/mol. The summed E-state index contributed by atoms with van der Waals surface area (Å²) in [6.45, 7) is 10.8. The summed E-state index contributed by atoms with van der Waals surface area (Å²) in [5.74, 6) is 0.848. The summed E-state index contributed by atoms with van der Waals surface area (Å²) in [6, 6.07) is 0. The molecule has 0 aromatic carbocycles. The van der Waals surface area contributed by atoms with Gasteiger partial charge in [-0.05, 0) is 57.0 Å². The first-order valence-corrected chi connectivity index (χ1v) is 6.48. The Morgan fingerprint density at radius 3 is 2.67 bits per heavy atom. The number of nitrogens with one attached hydrogen (secondary N) is 2. The van der Waals surface area contributed by atoms with Crippen molar-refractivity contribution in [2.75, 3.05) is 19.6 Å². The molecule has 2 heteroatoms. The summed E-state index contributed by atoms with van der Waals surface area (Å²) in [6.07, 6.45) is 5.49. The van der Waals surface area contributed by atoms with Gasteiger partial charge in [-0.15, -0.1) is 0 Å². The molecule has 2 N–H and O–H groups in total. The van der Waals surface area contributed by atoms with E-state index in [-0.39, 0.29) is 0 Å². The molecule has 1 unspecified atom stereocenters. The van der Waals surface area contributed by atoms with E-state index < -0.39 is 0 Å². The second-order valence-corrected chi connectivity index (χ2v) is 6.45. The van der Waals surface area contributed by atoms with Crippen molar-refractivity contribution in [1.82, 2.24) is 10.6 Å². The minimum atomic E-state index is 0.443. The van der Waals surface area contributed by atoms with Crippen LogP contribution in [0.5, 0.6) is 0 Å². The second kappa shape index (κ2) is 4.06. The molecule has 0 spiro atoms. The molecule has 1 aliphatic carbocycles. The molecule has 0 aromatic heterocycles. The van der Waals surface area contributed by atoms with Crippen molar-refractivity contribution in [3.05, 3.63) is 0 Å². The number of hydrogen-bond donors (Lipinski definition) is 2. The third-order valence-electron chi connectivity index (χ3n) is 4.37. The minimum Gasteiger partial charge on any atom is -0.316 e. The lowest BCUT2D eigenvalue weighted by Crippen LogP contribution is -2.45. The molecule has 0 radical (unpaired) electrons. The highest BCUT2D eigenvalue weighted by molar-refractivity contribution is 4.99. The van der Waals surface area contributed by atoms with Crippen LogP contribution in [0.2, 0.25) is 0 Å². The highest BCUT2D eigenvalue weighted by atomic mass is 15.0. The molecule has 88 valence electrons. The largest absolute Gasteiger partial charge is 0.316 e. The molecular weight excluding hydrogens is 184 g/mol. The van der Waals surface area contributed by atoms with Crippen molar-refractivity contribution >= 4 is 0 Å². The smallest absolute Gasteiger partial charge is 0.0154 e. The molecule has 2 fully saturated rings. The summed E-state index contributed by atoms with van der Waals surface area (Å²) in [5, 5.41) is 7.27. The Hall–Kier alpha value is -0.0800. The average Bonchev–Trinajstić information content (AvgIpc) is 2.96. The van der Waals surface area contributed by atoms with Crippen LogP contribution in [0.4, 0.5) is 0 Å². The van der Waals surface area contributed by atoms with Gasteiger partial charge in [-0.3, -0.25) is 0 Å². The molecule has 0 aromatic rings. The number of piperidine rings is 1. The van der Waals surface area contributed by atoms with E-state index in [0.717, 1.165) is 5.92 Å². The van der Waals surface area contributed by atoms with Gasteiger partial charge in [0.05, 0.1) is 0 Å². The van der Waals surface area contributed by atoms with Crippen LogP contribution in [0.15, 0.2) is 0 Å². The fourth-order valence-electron chi connectivity index (χ4n) is 2.47. The molecule has 0 bridgehead atoms. The van der Waals surface area contributed by atoms with Gasteiger partial charge in [-0.2, -0.15) is 0 Å². The Balaban J connectivity index is 1.81. The summed E-state index contributed by atoms with van der Waals surface area (Å²) >= 11 is 0. The van der Waals surface area contributed by atoms with E-state index in [1.165, 1.54) is 45.3 Å². The number of rotatable bonds is 4. The third kappa shape index (κ3) is 2.94. The molecule has 1 heterocycles. The lowest BCUT2D eigenvalue weighted by atomic mass is 9.75. The SMILES string of the molecule is CC1(NCC(C)(C)C2CCCNC2)CC1.